The molecule has 22 heavy (non-hydrogen) atoms. The molecule has 2 aromatic rings. The van der Waals surface area contributed by atoms with Crippen molar-refractivity contribution in [3.8, 4) is 5.75 Å². The standard InChI is InChI=1S/C14H10ClF3O3S/c1-9-2-5-11(6-3-9)21-22(19,20)13-7-4-10(15)8-12(13)14(16,17)18/h2-8H,1H3. The lowest BCUT2D eigenvalue weighted by atomic mass is 10.2. The SMILES string of the molecule is Cc1ccc(OS(=O)(=O)c2ccc(Cl)cc2C(F)(F)F)cc1. The number of halogens is 4. The van der Waals surface area contributed by atoms with Gasteiger partial charge in [-0.25, -0.2) is 0 Å². The number of aryl methyl sites for hydroxylation is 1. The largest absolute Gasteiger partial charge is 0.417 e. The molecule has 0 aliphatic carbocycles. The first-order valence-corrected chi connectivity index (χ1v) is 7.76. The van der Waals surface area contributed by atoms with E-state index in [4.69, 9.17) is 15.8 Å². The molecular formula is C14H10ClF3O3S. The zero-order chi connectivity index (χ0) is 16.5. The van der Waals surface area contributed by atoms with Crippen molar-refractivity contribution in [2.45, 2.75) is 18.0 Å². The van der Waals surface area contributed by atoms with Gasteiger partial charge in [-0.3, -0.25) is 0 Å². The van der Waals surface area contributed by atoms with Crippen LogP contribution in [0.15, 0.2) is 47.4 Å². The minimum atomic E-state index is -4.87. The topological polar surface area (TPSA) is 43.4 Å². The van der Waals surface area contributed by atoms with E-state index in [-0.39, 0.29) is 10.8 Å². The van der Waals surface area contributed by atoms with Gasteiger partial charge in [0.05, 0.1) is 5.56 Å². The minimum Gasteiger partial charge on any atom is -0.379 e. The summed E-state index contributed by atoms with van der Waals surface area (Å²) in [6, 6.07) is 8.25. The number of alkyl halides is 3. The molecule has 118 valence electrons. The predicted molar refractivity (Wildman–Crippen MR) is 75.4 cm³/mol. The molecule has 2 rings (SSSR count). The van der Waals surface area contributed by atoms with E-state index in [1.54, 1.807) is 19.1 Å². The molecule has 0 unspecified atom stereocenters. The van der Waals surface area contributed by atoms with Crippen LogP contribution in [0.1, 0.15) is 11.1 Å². The molecule has 3 nitrogen and oxygen atoms in total. The smallest absolute Gasteiger partial charge is 0.379 e. The van der Waals surface area contributed by atoms with Crippen molar-refractivity contribution in [3.63, 3.8) is 0 Å². The fourth-order valence-electron chi connectivity index (χ4n) is 1.71. The van der Waals surface area contributed by atoms with Crippen molar-refractivity contribution >= 4 is 21.7 Å². The molecule has 8 heteroatoms. The molecule has 0 radical (unpaired) electrons. The van der Waals surface area contributed by atoms with Gasteiger partial charge >= 0.3 is 16.3 Å². The number of hydrogen-bond donors (Lipinski definition) is 0. The van der Waals surface area contributed by atoms with Crippen molar-refractivity contribution < 1.29 is 25.8 Å². The minimum absolute atomic E-state index is 0.0753. The molecule has 0 fully saturated rings. The van der Waals surface area contributed by atoms with Crippen molar-refractivity contribution in [3.05, 3.63) is 58.6 Å². The summed E-state index contributed by atoms with van der Waals surface area (Å²) in [5.74, 6) is -0.0753. The molecular weight excluding hydrogens is 341 g/mol. The van der Waals surface area contributed by atoms with Gasteiger partial charge in [-0.05, 0) is 37.3 Å². The first kappa shape index (κ1) is 16.6. The maximum Gasteiger partial charge on any atom is 0.417 e. The summed E-state index contributed by atoms with van der Waals surface area (Å²) in [6.07, 6.45) is -4.87. The summed E-state index contributed by atoms with van der Waals surface area (Å²) < 4.78 is 67.9. The van der Waals surface area contributed by atoms with E-state index in [9.17, 15) is 21.6 Å². The third kappa shape index (κ3) is 3.72. The lowest BCUT2D eigenvalue weighted by Gasteiger charge is -2.14. The number of benzene rings is 2. The Morgan fingerprint density at radius 3 is 2.18 bits per heavy atom. The first-order chi connectivity index (χ1) is 10.1. The van der Waals surface area contributed by atoms with Crippen LogP contribution in [0.2, 0.25) is 5.02 Å². The molecule has 2 aromatic carbocycles. The molecule has 0 heterocycles. The maximum absolute atomic E-state index is 13.0. The van der Waals surface area contributed by atoms with Crippen LogP contribution < -0.4 is 4.18 Å². The number of hydrogen-bond acceptors (Lipinski definition) is 3. The van der Waals surface area contributed by atoms with Gasteiger partial charge in [0.2, 0.25) is 0 Å². The molecule has 0 spiro atoms. The lowest BCUT2D eigenvalue weighted by molar-refractivity contribution is -0.139. The highest BCUT2D eigenvalue weighted by molar-refractivity contribution is 7.87. The zero-order valence-corrected chi connectivity index (χ0v) is 12.8. The van der Waals surface area contributed by atoms with E-state index in [1.807, 2.05) is 0 Å². The summed E-state index contributed by atoms with van der Waals surface area (Å²) in [5, 5.41) is -0.221. The van der Waals surface area contributed by atoms with Crippen molar-refractivity contribution in [2.75, 3.05) is 0 Å². The molecule has 0 amide bonds. The summed E-state index contributed by atoms with van der Waals surface area (Å²) in [4.78, 5) is -0.982. The Bertz CT molecular complexity index is 784. The van der Waals surface area contributed by atoms with Crippen LogP contribution in [0.25, 0.3) is 0 Å². The average molecular weight is 351 g/mol. The Hall–Kier alpha value is -1.73. The predicted octanol–water partition coefficient (Wildman–Crippen LogP) is 4.43. The monoisotopic (exact) mass is 350 g/mol. The van der Waals surface area contributed by atoms with Gasteiger partial charge in [0.25, 0.3) is 0 Å². The van der Waals surface area contributed by atoms with E-state index < -0.39 is 26.8 Å². The van der Waals surface area contributed by atoms with Crippen LogP contribution in [0.4, 0.5) is 13.2 Å². The third-order valence-electron chi connectivity index (χ3n) is 2.74. The van der Waals surface area contributed by atoms with Crippen LogP contribution in [-0.2, 0) is 16.3 Å². The quantitative estimate of drug-likeness (QED) is 0.769. The lowest BCUT2D eigenvalue weighted by Crippen LogP contribution is -2.17. The maximum atomic E-state index is 13.0. The van der Waals surface area contributed by atoms with Crippen LogP contribution in [0.3, 0.4) is 0 Å². The van der Waals surface area contributed by atoms with E-state index >= 15 is 0 Å². The summed E-state index contributed by atoms with van der Waals surface area (Å²) in [7, 11) is -4.64. The molecule has 0 aliphatic rings. The molecule has 0 saturated carbocycles. The summed E-state index contributed by atoms with van der Waals surface area (Å²) in [6.45, 7) is 1.78. The van der Waals surface area contributed by atoms with E-state index in [0.29, 0.717) is 6.07 Å². The molecule has 0 N–H and O–H groups in total. The molecule has 0 aliphatic heterocycles. The van der Waals surface area contributed by atoms with Gasteiger partial charge in [-0.1, -0.05) is 29.3 Å². The van der Waals surface area contributed by atoms with Crippen LogP contribution in [0.5, 0.6) is 5.75 Å². The van der Waals surface area contributed by atoms with Crippen molar-refractivity contribution in [1.82, 2.24) is 0 Å². The Kier molecular flexibility index (Phi) is 4.39. The van der Waals surface area contributed by atoms with E-state index in [2.05, 4.69) is 0 Å². The van der Waals surface area contributed by atoms with Crippen LogP contribution in [0, 0.1) is 6.92 Å². The van der Waals surface area contributed by atoms with Gasteiger partial charge in [0, 0.05) is 5.02 Å². The van der Waals surface area contributed by atoms with E-state index in [0.717, 1.165) is 17.7 Å². The summed E-state index contributed by atoms with van der Waals surface area (Å²) in [5.41, 5.74) is -0.515. The third-order valence-corrected chi connectivity index (χ3v) is 4.28. The Balaban J connectivity index is 2.48. The fourth-order valence-corrected chi connectivity index (χ4v) is 3.01. The van der Waals surface area contributed by atoms with Crippen LogP contribution in [-0.4, -0.2) is 8.42 Å². The number of rotatable bonds is 3. The van der Waals surface area contributed by atoms with Crippen molar-refractivity contribution in [2.24, 2.45) is 0 Å². The van der Waals surface area contributed by atoms with Crippen molar-refractivity contribution in [1.29, 1.82) is 0 Å². The highest BCUT2D eigenvalue weighted by Gasteiger charge is 2.38. The van der Waals surface area contributed by atoms with E-state index in [1.165, 1.54) is 12.1 Å². The van der Waals surface area contributed by atoms with Gasteiger partial charge in [0.1, 0.15) is 10.6 Å². The van der Waals surface area contributed by atoms with Gasteiger partial charge in [-0.15, -0.1) is 0 Å². The van der Waals surface area contributed by atoms with Gasteiger partial charge in [0.15, 0.2) is 0 Å². The van der Waals surface area contributed by atoms with Gasteiger partial charge < -0.3 is 4.18 Å². The first-order valence-electron chi connectivity index (χ1n) is 5.97. The summed E-state index contributed by atoms with van der Waals surface area (Å²) >= 11 is 5.51. The van der Waals surface area contributed by atoms with Crippen LogP contribution >= 0.6 is 11.6 Å². The molecule has 0 aromatic heterocycles. The Labute approximate surface area is 130 Å². The molecule has 0 bridgehead atoms. The Morgan fingerprint density at radius 2 is 1.64 bits per heavy atom. The molecule has 0 saturated heterocycles. The highest BCUT2D eigenvalue weighted by Crippen LogP contribution is 2.36. The zero-order valence-electron chi connectivity index (χ0n) is 11.2. The molecule has 0 atom stereocenters. The van der Waals surface area contributed by atoms with Gasteiger partial charge in [-0.2, -0.15) is 21.6 Å². The average Bonchev–Trinajstić information content (AvgIpc) is 2.40. The highest BCUT2D eigenvalue weighted by atomic mass is 35.5. The normalized spacial score (nSPS) is 12.2. The second kappa shape index (κ2) is 5.81. The second-order valence-electron chi connectivity index (χ2n) is 4.49. The fraction of sp³-hybridized carbons (Fsp3) is 0.143. The second-order valence-corrected chi connectivity index (χ2v) is 6.44. The Morgan fingerprint density at radius 1 is 1.05 bits per heavy atom.